The van der Waals surface area contributed by atoms with E-state index in [1.165, 1.54) is 0 Å². The van der Waals surface area contributed by atoms with Gasteiger partial charge in [0, 0.05) is 25.6 Å². The SMILES string of the molecule is Cl.NC1CCN(C(=O)CCCc2ccc(Cl)c(Cl)c2)CC1. The zero-order valence-corrected chi connectivity index (χ0v) is 14.2. The second-order valence-corrected chi connectivity index (χ2v) is 6.13. The molecular weight excluding hydrogens is 331 g/mol. The fourth-order valence-corrected chi connectivity index (χ4v) is 2.77. The van der Waals surface area contributed by atoms with Crippen LogP contribution in [0.5, 0.6) is 0 Å². The van der Waals surface area contributed by atoms with Crippen LogP contribution in [0.2, 0.25) is 10.0 Å². The molecule has 118 valence electrons. The van der Waals surface area contributed by atoms with E-state index in [4.69, 9.17) is 28.9 Å². The number of piperidine rings is 1. The minimum absolute atomic E-state index is 0. The van der Waals surface area contributed by atoms with E-state index in [-0.39, 0.29) is 24.4 Å². The smallest absolute Gasteiger partial charge is 0.222 e. The molecule has 0 aromatic heterocycles. The summed E-state index contributed by atoms with van der Waals surface area (Å²) < 4.78 is 0. The molecule has 1 heterocycles. The number of rotatable bonds is 4. The van der Waals surface area contributed by atoms with Crippen LogP contribution in [0.3, 0.4) is 0 Å². The number of nitrogens with two attached hydrogens (primary N) is 1. The molecule has 3 nitrogen and oxygen atoms in total. The highest BCUT2D eigenvalue weighted by atomic mass is 35.5. The maximum atomic E-state index is 12.1. The second-order valence-electron chi connectivity index (χ2n) is 5.32. The summed E-state index contributed by atoms with van der Waals surface area (Å²) in [5, 5.41) is 1.14. The van der Waals surface area contributed by atoms with Crippen molar-refractivity contribution in [3.63, 3.8) is 0 Å². The molecule has 1 fully saturated rings. The molecule has 0 spiro atoms. The minimum Gasteiger partial charge on any atom is -0.343 e. The quantitative estimate of drug-likeness (QED) is 0.899. The van der Waals surface area contributed by atoms with Crippen LogP contribution in [0, 0.1) is 0 Å². The highest BCUT2D eigenvalue weighted by molar-refractivity contribution is 6.42. The normalized spacial score (nSPS) is 15.7. The number of nitrogens with zero attached hydrogens (tertiary/aromatic N) is 1. The number of likely N-dealkylation sites (tertiary alicyclic amines) is 1. The second kappa shape index (κ2) is 8.84. The van der Waals surface area contributed by atoms with Crippen molar-refractivity contribution in [3.05, 3.63) is 33.8 Å². The third-order valence-corrected chi connectivity index (χ3v) is 4.47. The molecule has 1 aromatic carbocycles. The molecule has 0 bridgehead atoms. The van der Waals surface area contributed by atoms with Gasteiger partial charge in [-0.15, -0.1) is 12.4 Å². The summed E-state index contributed by atoms with van der Waals surface area (Å²) in [6.07, 6.45) is 4.09. The van der Waals surface area contributed by atoms with Crippen molar-refractivity contribution in [2.45, 2.75) is 38.1 Å². The molecule has 0 aliphatic carbocycles. The van der Waals surface area contributed by atoms with Crippen LogP contribution in [0.15, 0.2) is 18.2 Å². The van der Waals surface area contributed by atoms with Crippen molar-refractivity contribution in [3.8, 4) is 0 Å². The Morgan fingerprint density at radius 2 is 1.90 bits per heavy atom. The molecule has 1 amide bonds. The Morgan fingerprint density at radius 3 is 2.52 bits per heavy atom. The molecule has 1 aliphatic heterocycles. The average Bonchev–Trinajstić information content (AvgIpc) is 2.43. The maximum Gasteiger partial charge on any atom is 0.222 e. The van der Waals surface area contributed by atoms with Gasteiger partial charge in [-0.05, 0) is 43.4 Å². The average molecular weight is 352 g/mol. The summed E-state index contributed by atoms with van der Waals surface area (Å²) in [5.74, 6) is 0.233. The number of halogens is 3. The van der Waals surface area contributed by atoms with Crippen LogP contribution in [-0.2, 0) is 11.2 Å². The van der Waals surface area contributed by atoms with E-state index in [1.54, 1.807) is 6.07 Å². The van der Waals surface area contributed by atoms with E-state index in [1.807, 2.05) is 17.0 Å². The Labute approximate surface area is 142 Å². The maximum absolute atomic E-state index is 12.1. The van der Waals surface area contributed by atoms with Gasteiger partial charge in [0.05, 0.1) is 10.0 Å². The highest BCUT2D eigenvalue weighted by Crippen LogP contribution is 2.23. The van der Waals surface area contributed by atoms with Crippen LogP contribution in [-0.4, -0.2) is 29.9 Å². The van der Waals surface area contributed by atoms with Crippen molar-refractivity contribution in [2.24, 2.45) is 5.73 Å². The van der Waals surface area contributed by atoms with Gasteiger partial charge in [-0.2, -0.15) is 0 Å². The van der Waals surface area contributed by atoms with E-state index >= 15 is 0 Å². The van der Waals surface area contributed by atoms with Crippen LogP contribution in [0.25, 0.3) is 0 Å². The largest absolute Gasteiger partial charge is 0.343 e. The molecule has 2 rings (SSSR count). The number of carbonyl (C=O) groups is 1. The highest BCUT2D eigenvalue weighted by Gasteiger charge is 2.19. The molecule has 0 unspecified atom stereocenters. The first-order valence-electron chi connectivity index (χ1n) is 7.03. The van der Waals surface area contributed by atoms with Crippen LogP contribution >= 0.6 is 35.6 Å². The molecular formula is C15H21Cl3N2O. The summed E-state index contributed by atoms with van der Waals surface area (Å²) in [7, 11) is 0. The van der Waals surface area contributed by atoms with Crippen molar-refractivity contribution in [2.75, 3.05) is 13.1 Å². The predicted octanol–water partition coefficient (Wildman–Crippen LogP) is 3.69. The lowest BCUT2D eigenvalue weighted by Crippen LogP contribution is -2.42. The van der Waals surface area contributed by atoms with Gasteiger partial charge in [-0.1, -0.05) is 29.3 Å². The third kappa shape index (κ3) is 5.67. The number of benzene rings is 1. The van der Waals surface area contributed by atoms with Gasteiger partial charge in [0.1, 0.15) is 0 Å². The number of aryl methyl sites for hydroxylation is 1. The summed E-state index contributed by atoms with van der Waals surface area (Å²) in [4.78, 5) is 14.0. The van der Waals surface area contributed by atoms with Crippen LogP contribution < -0.4 is 5.73 Å². The van der Waals surface area contributed by atoms with Gasteiger partial charge in [0.15, 0.2) is 0 Å². The Kier molecular flexibility index (Phi) is 7.82. The first kappa shape index (κ1) is 18.6. The molecule has 0 radical (unpaired) electrons. The minimum atomic E-state index is 0. The van der Waals surface area contributed by atoms with Crippen molar-refractivity contribution < 1.29 is 4.79 Å². The molecule has 1 aromatic rings. The Bertz CT molecular complexity index is 474. The number of hydrogen-bond donors (Lipinski definition) is 1. The van der Waals surface area contributed by atoms with E-state index in [2.05, 4.69) is 0 Å². The summed E-state index contributed by atoms with van der Waals surface area (Å²) in [6, 6.07) is 5.88. The Balaban J connectivity index is 0.00000220. The van der Waals surface area contributed by atoms with Gasteiger partial charge < -0.3 is 10.6 Å². The van der Waals surface area contributed by atoms with E-state index in [0.29, 0.717) is 16.5 Å². The van der Waals surface area contributed by atoms with Crippen molar-refractivity contribution >= 4 is 41.5 Å². The van der Waals surface area contributed by atoms with Gasteiger partial charge in [-0.25, -0.2) is 0 Å². The molecule has 2 N–H and O–H groups in total. The topological polar surface area (TPSA) is 46.3 Å². The molecule has 6 heteroatoms. The Hall–Kier alpha value is -0.480. The first-order valence-corrected chi connectivity index (χ1v) is 7.79. The van der Waals surface area contributed by atoms with Gasteiger partial charge in [-0.3, -0.25) is 4.79 Å². The Morgan fingerprint density at radius 1 is 1.24 bits per heavy atom. The summed E-state index contributed by atoms with van der Waals surface area (Å²) >= 11 is 11.8. The van der Waals surface area contributed by atoms with Gasteiger partial charge >= 0.3 is 0 Å². The molecule has 0 saturated carbocycles. The van der Waals surface area contributed by atoms with E-state index in [9.17, 15) is 4.79 Å². The number of amides is 1. The lowest BCUT2D eigenvalue weighted by atomic mass is 10.0. The summed E-state index contributed by atoms with van der Waals surface area (Å²) in [6.45, 7) is 1.60. The monoisotopic (exact) mass is 350 g/mol. The number of hydrogen-bond acceptors (Lipinski definition) is 2. The van der Waals surface area contributed by atoms with Gasteiger partial charge in [0.25, 0.3) is 0 Å². The third-order valence-electron chi connectivity index (χ3n) is 3.73. The van der Waals surface area contributed by atoms with Crippen LogP contribution in [0.1, 0.15) is 31.2 Å². The molecule has 1 saturated heterocycles. The predicted molar refractivity (Wildman–Crippen MR) is 90.4 cm³/mol. The molecule has 1 aliphatic rings. The van der Waals surface area contributed by atoms with Crippen molar-refractivity contribution in [1.82, 2.24) is 4.90 Å². The van der Waals surface area contributed by atoms with Crippen molar-refractivity contribution in [1.29, 1.82) is 0 Å². The fourth-order valence-electron chi connectivity index (χ4n) is 2.45. The fraction of sp³-hybridized carbons (Fsp3) is 0.533. The summed E-state index contributed by atoms with van der Waals surface area (Å²) in [5.41, 5.74) is 6.96. The molecule has 21 heavy (non-hydrogen) atoms. The van der Waals surface area contributed by atoms with Gasteiger partial charge in [0.2, 0.25) is 5.91 Å². The standard InChI is InChI=1S/C15H20Cl2N2O.ClH/c16-13-5-4-11(10-14(13)17)2-1-3-15(20)19-8-6-12(18)7-9-19;/h4-5,10,12H,1-3,6-9,18H2;1H. The van der Waals surface area contributed by atoms with E-state index in [0.717, 1.165) is 44.3 Å². The van der Waals surface area contributed by atoms with Crippen LogP contribution in [0.4, 0.5) is 0 Å². The lowest BCUT2D eigenvalue weighted by molar-refractivity contribution is -0.132. The lowest BCUT2D eigenvalue weighted by Gasteiger charge is -2.30. The molecule has 0 atom stereocenters. The zero-order valence-electron chi connectivity index (χ0n) is 11.9. The number of carbonyl (C=O) groups excluding carboxylic acids is 1. The zero-order chi connectivity index (χ0) is 14.5. The first-order chi connectivity index (χ1) is 9.56. The van der Waals surface area contributed by atoms with E-state index < -0.39 is 0 Å².